The Kier molecular flexibility index (Phi) is 2.36. The van der Waals surface area contributed by atoms with Crippen molar-refractivity contribution in [3.63, 3.8) is 0 Å². The van der Waals surface area contributed by atoms with E-state index in [1.54, 1.807) is 12.1 Å². The third-order valence-corrected chi connectivity index (χ3v) is 2.91. The number of aliphatic hydroxyl groups is 1. The lowest BCUT2D eigenvalue weighted by Gasteiger charge is -2.28. The highest BCUT2D eigenvalue weighted by molar-refractivity contribution is 5.83. The third-order valence-electron chi connectivity index (χ3n) is 2.91. The van der Waals surface area contributed by atoms with Gasteiger partial charge < -0.3 is 16.6 Å². The molecule has 2 rings (SSSR count). The van der Waals surface area contributed by atoms with E-state index in [4.69, 9.17) is 11.5 Å². The number of rotatable bonds is 1. The molecule has 1 aromatic carbocycles. The van der Waals surface area contributed by atoms with Crippen molar-refractivity contribution in [3.05, 3.63) is 29.3 Å². The first kappa shape index (κ1) is 9.98. The molecule has 1 aliphatic carbocycles. The summed E-state index contributed by atoms with van der Waals surface area (Å²) in [5.74, 6) is -1.11. The number of nitrogen functional groups attached to an aromatic ring is 1. The van der Waals surface area contributed by atoms with E-state index < -0.39 is 17.9 Å². The van der Waals surface area contributed by atoms with Crippen LogP contribution in [-0.2, 0) is 11.2 Å². The first-order valence-corrected chi connectivity index (χ1v) is 4.95. The van der Waals surface area contributed by atoms with Gasteiger partial charge in [0.05, 0.1) is 12.0 Å². The van der Waals surface area contributed by atoms with Crippen LogP contribution in [0.4, 0.5) is 5.69 Å². The molecule has 0 saturated carbocycles. The zero-order chi connectivity index (χ0) is 11.0. The van der Waals surface area contributed by atoms with Crippen molar-refractivity contribution in [3.8, 4) is 0 Å². The molecule has 0 heterocycles. The van der Waals surface area contributed by atoms with Crippen molar-refractivity contribution in [1.29, 1.82) is 0 Å². The van der Waals surface area contributed by atoms with Gasteiger partial charge in [-0.15, -0.1) is 0 Å². The van der Waals surface area contributed by atoms with Gasteiger partial charge in [0.15, 0.2) is 0 Å². The van der Waals surface area contributed by atoms with E-state index in [0.29, 0.717) is 12.1 Å². The van der Waals surface area contributed by atoms with Crippen LogP contribution in [0.3, 0.4) is 0 Å². The van der Waals surface area contributed by atoms with Crippen molar-refractivity contribution in [2.45, 2.75) is 24.9 Å². The molecule has 0 saturated heterocycles. The topological polar surface area (TPSA) is 89.3 Å². The van der Waals surface area contributed by atoms with Gasteiger partial charge in [-0.05, 0) is 36.1 Å². The maximum absolute atomic E-state index is 11.3. The van der Waals surface area contributed by atoms with E-state index >= 15 is 0 Å². The van der Waals surface area contributed by atoms with Crippen molar-refractivity contribution in [2.75, 3.05) is 5.73 Å². The summed E-state index contributed by atoms with van der Waals surface area (Å²) in [5, 5.41) is 9.74. The van der Waals surface area contributed by atoms with Gasteiger partial charge in [-0.1, -0.05) is 6.07 Å². The molecule has 80 valence electrons. The number of anilines is 1. The minimum Gasteiger partial charge on any atom is -0.399 e. The zero-order valence-corrected chi connectivity index (χ0v) is 8.31. The molecular formula is C11H14N2O2. The van der Waals surface area contributed by atoms with Crippen molar-refractivity contribution in [1.82, 2.24) is 0 Å². The Hall–Kier alpha value is -1.55. The molecule has 1 aliphatic rings. The molecule has 0 radical (unpaired) electrons. The predicted molar refractivity (Wildman–Crippen MR) is 57.1 cm³/mol. The molecule has 0 spiro atoms. The average Bonchev–Trinajstić information content (AvgIpc) is 2.16. The fourth-order valence-electron chi connectivity index (χ4n) is 2.15. The molecule has 5 N–H and O–H groups in total. The van der Waals surface area contributed by atoms with Crippen molar-refractivity contribution < 1.29 is 9.90 Å². The molecule has 1 aromatic rings. The molecule has 2 unspecified atom stereocenters. The van der Waals surface area contributed by atoms with Crippen LogP contribution in [-0.4, -0.2) is 17.1 Å². The molecule has 0 aromatic heterocycles. The van der Waals surface area contributed by atoms with Gasteiger partial charge in [0.1, 0.15) is 0 Å². The number of hydrogen-bond donors (Lipinski definition) is 3. The second kappa shape index (κ2) is 3.55. The zero-order valence-electron chi connectivity index (χ0n) is 8.31. The molecule has 2 atom stereocenters. The smallest absolute Gasteiger partial charge is 0.227 e. The maximum atomic E-state index is 11.3. The summed E-state index contributed by atoms with van der Waals surface area (Å²) in [4.78, 5) is 11.3. The lowest BCUT2D eigenvalue weighted by Crippen LogP contribution is -2.35. The van der Waals surface area contributed by atoms with Crippen LogP contribution in [0.15, 0.2) is 18.2 Å². The van der Waals surface area contributed by atoms with Gasteiger partial charge in [0, 0.05) is 5.69 Å². The summed E-state index contributed by atoms with van der Waals surface area (Å²) in [6.07, 6.45) is 0.655. The van der Waals surface area contributed by atoms with E-state index in [9.17, 15) is 9.90 Å². The van der Waals surface area contributed by atoms with Crippen LogP contribution in [0.1, 0.15) is 23.5 Å². The standard InChI is InChI=1S/C11H14N2O2/c12-7-3-1-6-2-4-9(14)10(11(13)15)8(6)5-7/h1,3,5,9-10,14H,2,4,12H2,(H2,13,15). The molecule has 0 bridgehead atoms. The highest BCUT2D eigenvalue weighted by Gasteiger charge is 2.32. The fraction of sp³-hybridized carbons (Fsp3) is 0.364. The molecule has 1 amide bonds. The molecule has 4 nitrogen and oxygen atoms in total. The highest BCUT2D eigenvalue weighted by atomic mass is 16.3. The van der Waals surface area contributed by atoms with Gasteiger partial charge in [-0.2, -0.15) is 0 Å². The minimum atomic E-state index is -0.684. The van der Waals surface area contributed by atoms with Crippen molar-refractivity contribution >= 4 is 11.6 Å². The number of hydrogen-bond acceptors (Lipinski definition) is 3. The van der Waals surface area contributed by atoms with Crippen LogP contribution in [0, 0.1) is 0 Å². The van der Waals surface area contributed by atoms with E-state index in [1.165, 1.54) is 0 Å². The summed E-state index contributed by atoms with van der Waals surface area (Å²) >= 11 is 0. The molecular weight excluding hydrogens is 192 g/mol. The van der Waals surface area contributed by atoms with Gasteiger partial charge >= 0.3 is 0 Å². The van der Waals surface area contributed by atoms with Gasteiger partial charge in [-0.25, -0.2) is 0 Å². The number of primary amides is 1. The quantitative estimate of drug-likeness (QED) is 0.571. The Morgan fingerprint density at radius 1 is 1.47 bits per heavy atom. The summed E-state index contributed by atoms with van der Waals surface area (Å²) in [6.45, 7) is 0. The van der Waals surface area contributed by atoms with E-state index in [0.717, 1.165) is 17.5 Å². The Morgan fingerprint density at radius 2 is 2.20 bits per heavy atom. The number of benzene rings is 1. The van der Waals surface area contributed by atoms with Gasteiger partial charge in [0.2, 0.25) is 5.91 Å². The summed E-state index contributed by atoms with van der Waals surface area (Å²) in [5.41, 5.74) is 13.4. The number of carbonyl (C=O) groups is 1. The monoisotopic (exact) mass is 206 g/mol. The average molecular weight is 206 g/mol. The van der Waals surface area contributed by atoms with E-state index in [1.807, 2.05) is 6.07 Å². The van der Waals surface area contributed by atoms with Crippen LogP contribution in [0.2, 0.25) is 0 Å². The second-order valence-electron chi connectivity index (χ2n) is 3.94. The van der Waals surface area contributed by atoms with E-state index in [-0.39, 0.29) is 0 Å². The molecule has 0 fully saturated rings. The SMILES string of the molecule is NC(=O)C1c2cc(N)ccc2CCC1O. The Morgan fingerprint density at radius 3 is 2.87 bits per heavy atom. The lowest BCUT2D eigenvalue weighted by molar-refractivity contribution is -0.122. The Balaban J connectivity index is 2.50. The van der Waals surface area contributed by atoms with Crippen molar-refractivity contribution in [2.24, 2.45) is 5.73 Å². The van der Waals surface area contributed by atoms with E-state index in [2.05, 4.69) is 0 Å². The highest BCUT2D eigenvalue weighted by Crippen LogP contribution is 2.32. The first-order chi connectivity index (χ1) is 7.09. The largest absolute Gasteiger partial charge is 0.399 e. The molecule has 0 aliphatic heterocycles. The molecule has 4 heteroatoms. The fourth-order valence-corrected chi connectivity index (χ4v) is 2.15. The minimum absolute atomic E-state index is 0.492. The van der Waals surface area contributed by atoms with Gasteiger partial charge in [0.25, 0.3) is 0 Å². The number of aliphatic hydroxyl groups excluding tert-OH is 1. The van der Waals surface area contributed by atoms with Crippen LogP contribution < -0.4 is 11.5 Å². The predicted octanol–water partition coefficient (Wildman–Crippen LogP) is 0.145. The van der Waals surface area contributed by atoms with Crippen LogP contribution in [0.5, 0.6) is 0 Å². The number of carbonyl (C=O) groups excluding carboxylic acids is 1. The third kappa shape index (κ3) is 1.68. The summed E-state index contributed by atoms with van der Waals surface area (Å²) in [7, 11) is 0. The number of fused-ring (bicyclic) bond motifs is 1. The summed E-state index contributed by atoms with van der Waals surface area (Å²) < 4.78 is 0. The van der Waals surface area contributed by atoms with Gasteiger partial charge in [-0.3, -0.25) is 4.79 Å². The van der Waals surface area contributed by atoms with Crippen LogP contribution in [0.25, 0.3) is 0 Å². The molecule has 15 heavy (non-hydrogen) atoms. The summed E-state index contributed by atoms with van der Waals surface area (Å²) in [6, 6.07) is 5.42. The number of aryl methyl sites for hydroxylation is 1. The first-order valence-electron chi connectivity index (χ1n) is 4.95. The Bertz CT molecular complexity index is 404. The Labute approximate surface area is 87.9 Å². The maximum Gasteiger partial charge on any atom is 0.227 e. The van der Waals surface area contributed by atoms with Crippen LogP contribution >= 0.6 is 0 Å². The second-order valence-corrected chi connectivity index (χ2v) is 3.94. The number of amides is 1. The normalized spacial score (nSPS) is 24.6. The lowest BCUT2D eigenvalue weighted by atomic mass is 9.80. The number of nitrogens with two attached hydrogens (primary N) is 2.